The van der Waals surface area contributed by atoms with Crippen LogP contribution in [0, 0.1) is 11.3 Å². The zero-order valence-electron chi connectivity index (χ0n) is 20.3. The third-order valence-corrected chi connectivity index (χ3v) is 8.85. The zero-order valence-corrected chi connectivity index (χ0v) is 20.3. The molecule has 11 nitrogen and oxygen atoms in total. The number of amides is 1. The lowest BCUT2D eigenvalue weighted by atomic mass is 9.47. The number of hydrogen-bond donors (Lipinski definition) is 1. The third kappa shape index (κ3) is 2.47. The molecule has 0 unspecified atom stereocenters. The topological polar surface area (TPSA) is 124 Å². The number of hydrogen-bond acceptors (Lipinski definition) is 10. The molecule has 1 spiro atoms. The van der Waals surface area contributed by atoms with Gasteiger partial charge in [0.25, 0.3) is 5.72 Å². The van der Waals surface area contributed by atoms with Crippen molar-refractivity contribution in [2.45, 2.75) is 36.4 Å². The number of benzene rings is 1. The van der Waals surface area contributed by atoms with Gasteiger partial charge in [0.2, 0.25) is 6.79 Å². The van der Waals surface area contributed by atoms with E-state index in [0.717, 1.165) is 4.90 Å². The van der Waals surface area contributed by atoms with Crippen LogP contribution < -0.4 is 14.4 Å². The lowest BCUT2D eigenvalue weighted by Gasteiger charge is -2.62. The first-order chi connectivity index (χ1) is 17.3. The van der Waals surface area contributed by atoms with E-state index in [1.165, 1.54) is 21.3 Å². The second kappa shape index (κ2) is 7.59. The summed E-state index contributed by atoms with van der Waals surface area (Å²) < 4.78 is 26.8. The van der Waals surface area contributed by atoms with Gasteiger partial charge in [0.15, 0.2) is 11.5 Å². The number of ether oxygens (including phenoxy) is 5. The quantitative estimate of drug-likeness (QED) is 0.361. The Labute approximate surface area is 207 Å². The second-order valence-electron chi connectivity index (χ2n) is 9.93. The van der Waals surface area contributed by atoms with Crippen molar-refractivity contribution in [3.8, 4) is 11.5 Å². The van der Waals surface area contributed by atoms with Crippen molar-refractivity contribution in [3.63, 3.8) is 0 Å². The Kier molecular flexibility index (Phi) is 4.88. The van der Waals surface area contributed by atoms with Crippen LogP contribution in [0.3, 0.4) is 0 Å². The van der Waals surface area contributed by atoms with Crippen LogP contribution in [-0.2, 0) is 29.2 Å². The van der Waals surface area contributed by atoms with E-state index in [2.05, 4.69) is 4.90 Å². The molecule has 1 saturated carbocycles. The van der Waals surface area contributed by atoms with E-state index >= 15 is 0 Å². The van der Waals surface area contributed by atoms with Crippen LogP contribution >= 0.6 is 0 Å². The molecule has 5 atom stereocenters. The summed E-state index contributed by atoms with van der Waals surface area (Å²) in [6.07, 6.45) is 4.05. The first kappa shape index (κ1) is 23.1. The molecule has 36 heavy (non-hydrogen) atoms. The van der Waals surface area contributed by atoms with Crippen molar-refractivity contribution in [1.29, 1.82) is 0 Å². The molecule has 1 amide bonds. The minimum atomic E-state index is -2.42. The molecule has 4 heterocycles. The van der Waals surface area contributed by atoms with E-state index in [1.54, 1.807) is 6.07 Å². The summed E-state index contributed by atoms with van der Waals surface area (Å²) in [5.74, 6) is -1.56. The zero-order chi connectivity index (χ0) is 25.5. The van der Waals surface area contributed by atoms with Crippen LogP contribution in [0.15, 0.2) is 24.3 Å². The monoisotopic (exact) mass is 500 g/mol. The summed E-state index contributed by atoms with van der Waals surface area (Å²) in [6, 6.07) is 3.18. The Bertz CT molecular complexity index is 1200. The fourth-order valence-corrected chi connectivity index (χ4v) is 7.71. The highest BCUT2D eigenvalue weighted by molar-refractivity contribution is 6.02. The highest BCUT2D eigenvalue weighted by Crippen LogP contribution is 2.68. The van der Waals surface area contributed by atoms with Gasteiger partial charge in [-0.3, -0.25) is 9.69 Å². The van der Waals surface area contributed by atoms with E-state index in [0.29, 0.717) is 37.2 Å². The predicted octanol–water partition coefficient (Wildman–Crippen LogP) is 1.31. The van der Waals surface area contributed by atoms with Gasteiger partial charge in [-0.15, -0.1) is 0 Å². The van der Waals surface area contributed by atoms with E-state index in [-0.39, 0.29) is 30.6 Å². The van der Waals surface area contributed by atoms with E-state index < -0.39 is 40.6 Å². The van der Waals surface area contributed by atoms with E-state index in [1.807, 2.05) is 18.2 Å². The first-order valence-corrected chi connectivity index (χ1v) is 11.9. The Balaban J connectivity index is 1.71. The molecule has 0 radical (unpaired) electrons. The molecule has 0 aromatic heterocycles. The Hall–Kier alpha value is -3.31. The lowest BCUT2D eigenvalue weighted by Crippen LogP contribution is -2.75. The average molecular weight is 501 g/mol. The number of esters is 2. The highest BCUT2D eigenvalue weighted by Gasteiger charge is 2.75. The molecular weight excluding hydrogens is 472 g/mol. The van der Waals surface area contributed by atoms with Crippen LogP contribution in [0.2, 0.25) is 0 Å². The van der Waals surface area contributed by atoms with Crippen molar-refractivity contribution < 1.29 is 43.2 Å². The number of anilines is 1. The van der Waals surface area contributed by atoms with Gasteiger partial charge in [-0.05, 0) is 37.4 Å². The van der Waals surface area contributed by atoms with E-state index in [9.17, 15) is 19.5 Å². The van der Waals surface area contributed by atoms with Gasteiger partial charge < -0.3 is 28.8 Å². The Morgan fingerprint density at radius 3 is 2.56 bits per heavy atom. The molecule has 192 valence electrons. The molecule has 1 N–H and O–H groups in total. The number of methoxy groups -OCH3 is 3. The molecule has 5 aliphatic rings. The minimum absolute atomic E-state index is 0.0850. The standard InChI is InChI=1S/C25H28N2O9/c1-32-20(28)23-8-4-11-26-12-10-24(19(23)26)14-5-6-15-18(36-13-35-15)17(14)27(22(30)34-3)25(31,21(29)33-2)16(24)7-9-23/h4-6,8,16,19,31H,7,9-13H2,1-3H3/t16-,19+,23+,24+,25-/m0/s1. The number of rotatable bonds is 2. The second-order valence-corrected chi connectivity index (χ2v) is 9.93. The van der Waals surface area contributed by atoms with Gasteiger partial charge in [-0.25, -0.2) is 14.5 Å². The van der Waals surface area contributed by atoms with Crippen molar-refractivity contribution in [2.75, 3.05) is 46.1 Å². The molecule has 1 aliphatic carbocycles. The summed E-state index contributed by atoms with van der Waals surface area (Å²) in [7, 11) is 3.71. The first-order valence-electron chi connectivity index (χ1n) is 11.9. The molecule has 11 heteroatoms. The fraction of sp³-hybridized carbons (Fsp3) is 0.560. The number of carbonyl (C=O) groups excluding carboxylic acids is 3. The van der Waals surface area contributed by atoms with Gasteiger partial charge >= 0.3 is 18.0 Å². The maximum atomic E-state index is 13.5. The van der Waals surface area contributed by atoms with Crippen molar-refractivity contribution in [1.82, 2.24) is 4.90 Å². The van der Waals surface area contributed by atoms with Crippen molar-refractivity contribution in [2.24, 2.45) is 11.3 Å². The van der Waals surface area contributed by atoms with E-state index in [4.69, 9.17) is 23.7 Å². The average Bonchev–Trinajstić information content (AvgIpc) is 3.54. The summed E-state index contributed by atoms with van der Waals surface area (Å²) in [5.41, 5.74) is -3.45. The van der Waals surface area contributed by atoms with Gasteiger partial charge in [-0.1, -0.05) is 18.2 Å². The molecule has 2 fully saturated rings. The largest absolute Gasteiger partial charge is 0.468 e. The smallest absolute Gasteiger partial charge is 0.417 e. The van der Waals surface area contributed by atoms with Crippen LogP contribution in [0.4, 0.5) is 10.5 Å². The molecular formula is C25H28N2O9. The fourth-order valence-electron chi connectivity index (χ4n) is 7.71. The van der Waals surface area contributed by atoms with Gasteiger partial charge in [0, 0.05) is 23.9 Å². The molecule has 1 aromatic rings. The minimum Gasteiger partial charge on any atom is -0.468 e. The molecule has 4 aliphatic heterocycles. The maximum Gasteiger partial charge on any atom is 0.417 e. The molecule has 6 rings (SSSR count). The summed E-state index contributed by atoms with van der Waals surface area (Å²) in [5, 5.41) is 12.4. The summed E-state index contributed by atoms with van der Waals surface area (Å²) in [6.45, 7) is 1.14. The van der Waals surface area contributed by atoms with Gasteiger partial charge in [0.05, 0.1) is 21.3 Å². The Morgan fingerprint density at radius 1 is 1.06 bits per heavy atom. The summed E-state index contributed by atoms with van der Waals surface area (Å²) >= 11 is 0. The van der Waals surface area contributed by atoms with Gasteiger partial charge in [0.1, 0.15) is 11.1 Å². The van der Waals surface area contributed by atoms with Gasteiger partial charge in [-0.2, -0.15) is 0 Å². The number of nitrogens with zero attached hydrogens (tertiary/aromatic N) is 2. The number of carbonyl (C=O) groups is 3. The normalized spacial score (nSPS) is 35.4. The van der Waals surface area contributed by atoms with Crippen LogP contribution in [-0.4, -0.2) is 81.0 Å². The van der Waals surface area contributed by atoms with Crippen LogP contribution in [0.25, 0.3) is 0 Å². The number of aliphatic hydroxyl groups is 1. The maximum absolute atomic E-state index is 13.5. The number of fused-ring (bicyclic) bond motifs is 3. The Morgan fingerprint density at radius 2 is 1.83 bits per heavy atom. The summed E-state index contributed by atoms with van der Waals surface area (Å²) in [4.78, 5) is 43.3. The molecule has 1 saturated heterocycles. The molecule has 1 aromatic carbocycles. The highest BCUT2D eigenvalue weighted by atomic mass is 16.7. The SMILES string of the molecule is COC(=O)N1c2c(ccc3c2OCO3)[C@]23CCN4CC=C[C@@](C(=O)OC)(CC[C@@H]2[C@]1(O)C(=O)OC)[C@@H]43. The predicted molar refractivity (Wildman–Crippen MR) is 122 cm³/mol. The van der Waals surface area contributed by atoms with Crippen molar-refractivity contribution >= 4 is 23.7 Å². The molecule has 0 bridgehead atoms. The third-order valence-electron chi connectivity index (χ3n) is 8.85. The van der Waals surface area contributed by atoms with Crippen LogP contribution in [0.1, 0.15) is 24.8 Å². The van der Waals surface area contributed by atoms with Crippen molar-refractivity contribution in [3.05, 3.63) is 29.8 Å². The van der Waals surface area contributed by atoms with Crippen LogP contribution in [0.5, 0.6) is 11.5 Å². The lowest BCUT2D eigenvalue weighted by molar-refractivity contribution is -0.184.